The number of piperidine rings is 1. The lowest BCUT2D eigenvalue weighted by molar-refractivity contribution is 0.0692. The molecule has 4 rings (SSSR count). The number of rotatable bonds is 4. The van der Waals surface area contributed by atoms with Crippen LogP contribution in [-0.4, -0.2) is 39.5 Å². The van der Waals surface area contributed by atoms with Gasteiger partial charge in [-0.1, -0.05) is 36.4 Å². The van der Waals surface area contributed by atoms with E-state index in [4.69, 9.17) is 0 Å². The number of carboxylic acids is 1. The Morgan fingerprint density at radius 1 is 1.00 bits per heavy atom. The van der Waals surface area contributed by atoms with Crippen molar-refractivity contribution in [2.24, 2.45) is 13.0 Å². The van der Waals surface area contributed by atoms with Crippen molar-refractivity contribution in [1.82, 2.24) is 9.47 Å². The SMILES string of the molecule is Cn1cc(C(=O)N2CCC(Cc3ccccc3C(=O)O)CC2)c2ccccc21. The molecule has 0 atom stereocenters. The third-order valence-corrected chi connectivity index (χ3v) is 5.79. The van der Waals surface area contributed by atoms with Gasteiger partial charge in [-0.05, 0) is 42.9 Å². The van der Waals surface area contributed by atoms with Gasteiger partial charge in [-0.3, -0.25) is 4.79 Å². The Kier molecular flexibility index (Phi) is 4.90. The van der Waals surface area contributed by atoms with Crippen LogP contribution in [0.2, 0.25) is 0 Å². The average Bonchev–Trinajstić information content (AvgIpc) is 3.05. The molecule has 5 heteroatoms. The van der Waals surface area contributed by atoms with E-state index in [0.29, 0.717) is 24.6 Å². The third-order valence-electron chi connectivity index (χ3n) is 5.79. The van der Waals surface area contributed by atoms with E-state index in [0.717, 1.165) is 41.3 Å². The number of carboxylic acid groups (broad SMARTS) is 1. The second-order valence-electron chi connectivity index (χ2n) is 7.57. The van der Waals surface area contributed by atoms with Crippen molar-refractivity contribution >= 4 is 22.8 Å². The predicted molar refractivity (Wildman–Crippen MR) is 109 cm³/mol. The monoisotopic (exact) mass is 376 g/mol. The Morgan fingerprint density at radius 2 is 1.68 bits per heavy atom. The first-order chi connectivity index (χ1) is 13.5. The molecule has 1 saturated heterocycles. The van der Waals surface area contributed by atoms with Crippen LogP contribution in [0.4, 0.5) is 0 Å². The minimum atomic E-state index is -0.876. The summed E-state index contributed by atoms with van der Waals surface area (Å²) >= 11 is 0. The number of likely N-dealkylation sites (tertiary alicyclic amines) is 1. The summed E-state index contributed by atoms with van der Waals surface area (Å²) in [6.07, 6.45) is 4.45. The first kappa shape index (κ1) is 18.3. The fraction of sp³-hybridized carbons (Fsp3) is 0.304. The fourth-order valence-electron chi connectivity index (χ4n) is 4.24. The van der Waals surface area contributed by atoms with Crippen molar-refractivity contribution in [2.75, 3.05) is 13.1 Å². The number of aryl methyl sites for hydroxylation is 1. The van der Waals surface area contributed by atoms with Crippen LogP contribution in [0.15, 0.2) is 54.7 Å². The zero-order valence-electron chi connectivity index (χ0n) is 16.0. The topological polar surface area (TPSA) is 62.5 Å². The zero-order chi connectivity index (χ0) is 19.7. The highest BCUT2D eigenvalue weighted by atomic mass is 16.4. The number of hydrogen-bond donors (Lipinski definition) is 1. The highest BCUT2D eigenvalue weighted by molar-refractivity contribution is 6.07. The fourth-order valence-corrected chi connectivity index (χ4v) is 4.24. The number of aromatic nitrogens is 1. The van der Waals surface area contributed by atoms with Crippen LogP contribution >= 0.6 is 0 Å². The Balaban J connectivity index is 1.44. The highest BCUT2D eigenvalue weighted by Gasteiger charge is 2.26. The Labute approximate surface area is 164 Å². The summed E-state index contributed by atoms with van der Waals surface area (Å²) in [5, 5.41) is 10.4. The van der Waals surface area contributed by atoms with Gasteiger partial charge in [0.1, 0.15) is 0 Å². The summed E-state index contributed by atoms with van der Waals surface area (Å²) in [5.74, 6) is -0.391. The van der Waals surface area contributed by atoms with Gasteiger partial charge in [0.25, 0.3) is 5.91 Å². The lowest BCUT2D eigenvalue weighted by atomic mass is 9.88. The number of hydrogen-bond acceptors (Lipinski definition) is 2. The van der Waals surface area contributed by atoms with E-state index >= 15 is 0 Å². The molecule has 2 heterocycles. The largest absolute Gasteiger partial charge is 0.478 e. The van der Waals surface area contributed by atoms with Crippen molar-refractivity contribution < 1.29 is 14.7 Å². The number of amides is 1. The summed E-state index contributed by atoms with van der Waals surface area (Å²) in [4.78, 5) is 26.4. The molecule has 1 aliphatic heterocycles. The quantitative estimate of drug-likeness (QED) is 0.749. The molecule has 1 aliphatic rings. The van der Waals surface area contributed by atoms with Crippen LogP contribution in [0.1, 0.15) is 39.1 Å². The molecule has 0 unspecified atom stereocenters. The van der Waals surface area contributed by atoms with Gasteiger partial charge in [-0.2, -0.15) is 0 Å². The number of nitrogens with zero attached hydrogens (tertiary/aromatic N) is 2. The average molecular weight is 376 g/mol. The number of carbonyl (C=O) groups is 2. The molecule has 2 aromatic carbocycles. The van der Waals surface area contributed by atoms with E-state index in [2.05, 4.69) is 0 Å². The molecule has 0 bridgehead atoms. The molecular formula is C23H24N2O3. The van der Waals surface area contributed by atoms with E-state index in [9.17, 15) is 14.7 Å². The van der Waals surface area contributed by atoms with Crippen LogP contribution < -0.4 is 0 Å². The van der Waals surface area contributed by atoms with Crippen LogP contribution in [0, 0.1) is 5.92 Å². The summed E-state index contributed by atoms with van der Waals surface area (Å²) in [5.41, 5.74) is 3.09. The zero-order valence-corrected chi connectivity index (χ0v) is 16.0. The van der Waals surface area contributed by atoms with Gasteiger partial charge >= 0.3 is 5.97 Å². The summed E-state index contributed by atoms with van der Waals surface area (Å²) < 4.78 is 2.00. The van der Waals surface area contributed by atoms with E-state index in [1.165, 1.54) is 0 Å². The van der Waals surface area contributed by atoms with E-state index in [1.807, 2.05) is 59.1 Å². The van der Waals surface area contributed by atoms with E-state index < -0.39 is 5.97 Å². The second kappa shape index (κ2) is 7.50. The van der Waals surface area contributed by atoms with Crippen molar-refractivity contribution in [3.05, 3.63) is 71.4 Å². The molecule has 0 saturated carbocycles. The van der Waals surface area contributed by atoms with Gasteiger partial charge in [0.05, 0.1) is 11.1 Å². The summed E-state index contributed by atoms with van der Waals surface area (Å²) in [7, 11) is 1.96. The Bertz CT molecular complexity index is 1030. The van der Waals surface area contributed by atoms with Crippen LogP contribution in [0.25, 0.3) is 10.9 Å². The summed E-state index contributed by atoms with van der Waals surface area (Å²) in [6.45, 7) is 1.42. The first-order valence-electron chi connectivity index (χ1n) is 9.69. The lowest BCUT2D eigenvalue weighted by Crippen LogP contribution is -2.39. The van der Waals surface area contributed by atoms with Gasteiger partial charge in [-0.15, -0.1) is 0 Å². The second-order valence-corrected chi connectivity index (χ2v) is 7.57. The van der Waals surface area contributed by atoms with Gasteiger partial charge in [0, 0.05) is 37.2 Å². The first-order valence-corrected chi connectivity index (χ1v) is 9.69. The maximum atomic E-state index is 13.1. The molecule has 1 amide bonds. The number of carbonyl (C=O) groups excluding carboxylic acids is 1. The minimum absolute atomic E-state index is 0.0844. The Hall–Kier alpha value is -3.08. The minimum Gasteiger partial charge on any atom is -0.478 e. The number of para-hydroxylation sites is 1. The number of aromatic carboxylic acids is 1. The molecule has 0 aliphatic carbocycles. The number of fused-ring (bicyclic) bond motifs is 1. The number of benzene rings is 2. The normalized spacial score (nSPS) is 15.1. The van der Waals surface area contributed by atoms with Crippen molar-refractivity contribution in [3.8, 4) is 0 Å². The molecule has 28 heavy (non-hydrogen) atoms. The molecule has 1 fully saturated rings. The molecule has 1 aromatic heterocycles. The van der Waals surface area contributed by atoms with Gasteiger partial charge < -0.3 is 14.6 Å². The highest BCUT2D eigenvalue weighted by Crippen LogP contribution is 2.27. The molecule has 0 radical (unpaired) electrons. The van der Waals surface area contributed by atoms with E-state index in [-0.39, 0.29) is 5.91 Å². The van der Waals surface area contributed by atoms with Gasteiger partial charge in [0.15, 0.2) is 0 Å². The van der Waals surface area contributed by atoms with Crippen molar-refractivity contribution in [3.63, 3.8) is 0 Å². The van der Waals surface area contributed by atoms with Crippen molar-refractivity contribution in [2.45, 2.75) is 19.3 Å². The van der Waals surface area contributed by atoms with Crippen LogP contribution in [0.5, 0.6) is 0 Å². The molecular weight excluding hydrogens is 352 g/mol. The van der Waals surface area contributed by atoms with Gasteiger partial charge in [0.2, 0.25) is 0 Å². The van der Waals surface area contributed by atoms with E-state index in [1.54, 1.807) is 12.1 Å². The maximum absolute atomic E-state index is 13.1. The van der Waals surface area contributed by atoms with Gasteiger partial charge in [-0.25, -0.2) is 4.79 Å². The lowest BCUT2D eigenvalue weighted by Gasteiger charge is -2.32. The molecule has 0 spiro atoms. The smallest absolute Gasteiger partial charge is 0.335 e. The Morgan fingerprint density at radius 3 is 2.43 bits per heavy atom. The third kappa shape index (κ3) is 3.40. The maximum Gasteiger partial charge on any atom is 0.335 e. The predicted octanol–water partition coefficient (Wildman–Crippen LogP) is 3.97. The summed E-state index contributed by atoms with van der Waals surface area (Å²) in [6, 6.07) is 15.2. The molecule has 144 valence electrons. The molecule has 1 N–H and O–H groups in total. The molecule has 5 nitrogen and oxygen atoms in total. The van der Waals surface area contributed by atoms with Crippen LogP contribution in [-0.2, 0) is 13.5 Å². The van der Waals surface area contributed by atoms with Crippen molar-refractivity contribution in [1.29, 1.82) is 0 Å². The van der Waals surface area contributed by atoms with Crippen LogP contribution in [0.3, 0.4) is 0 Å². The molecule has 3 aromatic rings. The standard InChI is InChI=1S/C23H24N2O3/c1-24-15-20(19-8-4-5-9-21(19)24)22(26)25-12-10-16(11-13-25)14-17-6-2-3-7-18(17)23(27)28/h2-9,15-16H,10-14H2,1H3,(H,27,28).